The molecule has 0 heterocycles. The van der Waals surface area contributed by atoms with Crippen molar-refractivity contribution in [3.8, 4) is 0 Å². The molecule has 0 heteroatoms. The topological polar surface area (TPSA) is 0 Å². The lowest BCUT2D eigenvalue weighted by Crippen LogP contribution is -2.13. The van der Waals surface area contributed by atoms with Crippen LogP contribution < -0.4 is 0 Å². The molecule has 0 aromatic heterocycles. The summed E-state index contributed by atoms with van der Waals surface area (Å²) in [5, 5.41) is 0. The Kier molecular flexibility index (Phi) is 4.42. The Hall–Kier alpha value is -0.260. The lowest BCUT2D eigenvalue weighted by Gasteiger charge is -2.27. The quantitative estimate of drug-likeness (QED) is 0.550. The van der Waals surface area contributed by atoms with Gasteiger partial charge in [-0.25, -0.2) is 0 Å². The van der Waals surface area contributed by atoms with Gasteiger partial charge in [-0.3, -0.25) is 0 Å². The first kappa shape index (κ1) is 9.83. The molecule has 0 aromatic carbocycles. The summed E-state index contributed by atoms with van der Waals surface area (Å²) in [5.41, 5.74) is 0. The van der Waals surface area contributed by atoms with Crippen molar-refractivity contribution in [3.05, 3.63) is 12.7 Å². The average molecular weight is 166 g/mol. The smallest absolute Gasteiger partial charge is 0.0351 e. The zero-order chi connectivity index (χ0) is 8.81. The van der Waals surface area contributed by atoms with Gasteiger partial charge in [0.1, 0.15) is 0 Å². The molecule has 1 saturated carbocycles. The molecule has 0 atom stereocenters. The van der Waals surface area contributed by atoms with Gasteiger partial charge in [0.15, 0.2) is 0 Å². The van der Waals surface area contributed by atoms with E-state index in [1.165, 1.54) is 44.9 Å². The van der Waals surface area contributed by atoms with Gasteiger partial charge < -0.3 is 0 Å². The Labute approximate surface area is 77.1 Å². The summed E-state index contributed by atoms with van der Waals surface area (Å²) in [5.74, 6) is 2.07. The van der Waals surface area contributed by atoms with Crippen molar-refractivity contribution in [2.45, 2.75) is 51.9 Å². The molecule has 1 rings (SSSR count). The highest BCUT2D eigenvalue weighted by Gasteiger charge is 2.18. The second-order valence-corrected chi connectivity index (χ2v) is 4.16. The summed E-state index contributed by atoms with van der Waals surface area (Å²) in [6.07, 6.45) is 12.0. The molecule has 0 N–H and O–H groups in total. The Morgan fingerprint density at radius 3 is 2.25 bits per heavy atom. The second-order valence-electron chi connectivity index (χ2n) is 4.16. The van der Waals surface area contributed by atoms with Gasteiger partial charge >= 0.3 is 0 Å². The molecule has 0 aliphatic heterocycles. The third kappa shape index (κ3) is 3.00. The van der Waals surface area contributed by atoms with E-state index in [0.29, 0.717) is 0 Å². The molecule has 12 heavy (non-hydrogen) atoms. The first-order valence-electron chi connectivity index (χ1n) is 5.47. The van der Waals surface area contributed by atoms with Crippen LogP contribution in [0.5, 0.6) is 0 Å². The van der Waals surface area contributed by atoms with Gasteiger partial charge in [0.2, 0.25) is 0 Å². The number of allylic oxidation sites excluding steroid dienone is 1. The second kappa shape index (κ2) is 5.40. The van der Waals surface area contributed by atoms with Crippen LogP contribution in [0.3, 0.4) is 0 Å². The number of hydrogen-bond donors (Lipinski definition) is 0. The zero-order valence-electron chi connectivity index (χ0n) is 8.39. The van der Waals surface area contributed by atoms with E-state index in [9.17, 15) is 0 Å². The highest BCUT2D eigenvalue weighted by atomic mass is 14.2. The fourth-order valence-corrected chi connectivity index (χ4v) is 2.28. The van der Waals surface area contributed by atoms with Crippen LogP contribution >= 0.6 is 0 Å². The Morgan fingerprint density at radius 2 is 1.75 bits per heavy atom. The van der Waals surface area contributed by atoms with Crippen LogP contribution in [0.2, 0.25) is 0 Å². The molecule has 0 saturated heterocycles. The van der Waals surface area contributed by atoms with Gasteiger partial charge in [0, 0.05) is 0 Å². The third-order valence-corrected chi connectivity index (χ3v) is 3.32. The van der Waals surface area contributed by atoms with E-state index < -0.39 is 0 Å². The summed E-state index contributed by atoms with van der Waals surface area (Å²) in [6.45, 7) is 6.10. The van der Waals surface area contributed by atoms with E-state index in [0.717, 1.165) is 11.8 Å². The van der Waals surface area contributed by atoms with Crippen LogP contribution in [-0.2, 0) is 0 Å². The number of hydrogen-bond acceptors (Lipinski definition) is 0. The minimum absolute atomic E-state index is 1.02. The Bertz CT molecular complexity index is 118. The predicted octanol–water partition coefficient (Wildman–Crippen LogP) is 4.17. The van der Waals surface area contributed by atoms with E-state index in [1.54, 1.807) is 0 Å². The molecule has 0 amide bonds. The molecule has 1 aliphatic rings. The van der Waals surface area contributed by atoms with Gasteiger partial charge in [0.25, 0.3) is 0 Å². The summed E-state index contributed by atoms with van der Waals surface area (Å²) in [7, 11) is 0. The van der Waals surface area contributed by atoms with E-state index in [1.807, 2.05) is 0 Å². The van der Waals surface area contributed by atoms with E-state index >= 15 is 0 Å². The highest BCUT2D eigenvalue weighted by Crippen LogP contribution is 2.32. The van der Waals surface area contributed by atoms with Crippen LogP contribution in [0, 0.1) is 11.8 Å². The van der Waals surface area contributed by atoms with Gasteiger partial charge in [-0.15, -0.1) is 6.58 Å². The van der Waals surface area contributed by atoms with Crippen LogP contribution in [0.1, 0.15) is 51.9 Å². The largest absolute Gasteiger partial charge is 0.103 e. The summed E-state index contributed by atoms with van der Waals surface area (Å²) in [4.78, 5) is 0. The molecule has 0 radical (unpaired) electrons. The van der Waals surface area contributed by atoms with Crippen LogP contribution in [0.25, 0.3) is 0 Å². The first-order chi connectivity index (χ1) is 5.86. The molecule has 0 bridgehead atoms. The maximum Gasteiger partial charge on any atom is -0.0351 e. The van der Waals surface area contributed by atoms with Gasteiger partial charge in [-0.2, -0.15) is 0 Å². The van der Waals surface area contributed by atoms with Crippen LogP contribution in [0.4, 0.5) is 0 Å². The minimum atomic E-state index is 1.02. The van der Waals surface area contributed by atoms with Gasteiger partial charge in [-0.05, 0) is 24.7 Å². The fraction of sp³-hybridized carbons (Fsp3) is 0.833. The average Bonchev–Trinajstić information content (AvgIpc) is 2.15. The van der Waals surface area contributed by atoms with Crippen molar-refractivity contribution >= 4 is 0 Å². The van der Waals surface area contributed by atoms with E-state index in [-0.39, 0.29) is 0 Å². The number of rotatable bonds is 4. The predicted molar refractivity (Wildman–Crippen MR) is 55.2 cm³/mol. The van der Waals surface area contributed by atoms with Crippen LogP contribution in [0.15, 0.2) is 12.7 Å². The standard InChI is InChI=1S/C12H22/c1-3-5-6-12-9-7-11(4-2)8-10-12/h3,11-12H,1,4-10H2,2H3. The Morgan fingerprint density at radius 1 is 1.17 bits per heavy atom. The highest BCUT2D eigenvalue weighted by molar-refractivity contribution is 4.75. The summed E-state index contributed by atoms with van der Waals surface area (Å²) < 4.78 is 0. The maximum atomic E-state index is 3.78. The molecule has 0 aromatic rings. The monoisotopic (exact) mass is 166 g/mol. The van der Waals surface area contributed by atoms with Crippen molar-refractivity contribution in [1.29, 1.82) is 0 Å². The van der Waals surface area contributed by atoms with Gasteiger partial charge in [-0.1, -0.05) is 45.1 Å². The van der Waals surface area contributed by atoms with Crippen LogP contribution in [-0.4, -0.2) is 0 Å². The molecule has 0 unspecified atom stereocenters. The Balaban J connectivity index is 2.12. The van der Waals surface area contributed by atoms with Crippen molar-refractivity contribution in [2.75, 3.05) is 0 Å². The lowest BCUT2D eigenvalue weighted by molar-refractivity contribution is 0.259. The fourth-order valence-electron chi connectivity index (χ4n) is 2.28. The minimum Gasteiger partial charge on any atom is -0.103 e. The molecule has 0 spiro atoms. The molecular formula is C12H22. The normalized spacial score (nSPS) is 30.1. The molecular weight excluding hydrogens is 144 g/mol. The summed E-state index contributed by atoms with van der Waals surface area (Å²) in [6, 6.07) is 0. The van der Waals surface area contributed by atoms with E-state index in [2.05, 4.69) is 19.6 Å². The summed E-state index contributed by atoms with van der Waals surface area (Å²) >= 11 is 0. The van der Waals surface area contributed by atoms with Gasteiger partial charge in [0.05, 0.1) is 0 Å². The molecule has 70 valence electrons. The molecule has 1 fully saturated rings. The van der Waals surface area contributed by atoms with Crippen molar-refractivity contribution in [2.24, 2.45) is 11.8 Å². The maximum absolute atomic E-state index is 3.78. The lowest BCUT2D eigenvalue weighted by atomic mass is 9.79. The molecule has 1 aliphatic carbocycles. The molecule has 0 nitrogen and oxygen atoms in total. The SMILES string of the molecule is C=CCCC1CCC(CC)CC1. The van der Waals surface area contributed by atoms with Crippen molar-refractivity contribution in [1.82, 2.24) is 0 Å². The van der Waals surface area contributed by atoms with Crippen molar-refractivity contribution < 1.29 is 0 Å². The van der Waals surface area contributed by atoms with E-state index in [4.69, 9.17) is 0 Å². The zero-order valence-corrected chi connectivity index (χ0v) is 8.39. The van der Waals surface area contributed by atoms with Crippen molar-refractivity contribution in [3.63, 3.8) is 0 Å². The first-order valence-corrected chi connectivity index (χ1v) is 5.47. The third-order valence-electron chi connectivity index (χ3n) is 3.32.